The molecule has 0 radical (unpaired) electrons. The van der Waals surface area contributed by atoms with Crippen LogP contribution in [0.3, 0.4) is 0 Å². The predicted octanol–water partition coefficient (Wildman–Crippen LogP) is 3.09. The number of amides is 1. The Morgan fingerprint density at radius 3 is 2.50 bits per heavy atom. The second-order valence-electron chi connectivity index (χ2n) is 4.84. The molecule has 0 aromatic heterocycles. The second-order valence-corrected chi connectivity index (χ2v) is 5.22. The zero-order valence-electron chi connectivity index (χ0n) is 12.4. The van der Waals surface area contributed by atoms with E-state index >= 15 is 0 Å². The lowest BCUT2D eigenvalue weighted by Gasteiger charge is -2.22. The van der Waals surface area contributed by atoms with E-state index in [9.17, 15) is 4.79 Å². The quantitative estimate of drug-likeness (QED) is 0.787. The molecular formula is C15H22ClNO3. The lowest BCUT2D eigenvalue weighted by Crippen LogP contribution is -2.39. The molecular weight excluding hydrogens is 278 g/mol. The molecule has 0 aliphatic rings. The average Bonchev–Trinajstić information content (AvgIpc) is 2.45. The van der Waals surface area contributed by atoms with E-state index in [1.807, 2.05) is 0 Å². The summed E-state index contributed by atoms with van der Waals surface area (Å²) in [5, 5.41) is 3.00. The van der Waals surface area contributed by atoms with Gasteiger partial charge in [0.15, 0.2) is 11.5 Å². The van der Waals surface area contributed by atoms with Crippen LogP contribution in [0.5, 0.6) is 11.5 Å². The third-order valence-corrected chi connectivity index (χ3v) is 3.41. The van der Waals surface area contributed by atoms with Crippen molar-refractivity contribution >= 4 is 17.5 Å². The number of alkyl halides is 1. The minimum absolute atomic E-state index is 0.0379. The molecule has 1 aromatic carbocycles. The number of para-hydroxylation sites is 1. The van der Waals surface area contributed by atoms with E-state index in [4.69, 9.17) is 21.1 Å². The third-order valence-electron chi connectivity index (χ3n) is 3.19. The fourth-order valence-electron chi connectivity index (χ4n) is 2.00. The van der Waals surface area contributed by atoms with Crippen molar-refractivity contribution in [2.45, 2.75) is 26.3 Å². The van der Waals surface area contributed by atoms with Crippen LogP contribution >= 0.6 is 11.6 Å². The van der Waals surface area contributed by atoms with Gasteiger partial charge in [0.2, 0.25) is 0 Å². The summed E-state index contributed by atoms with van der Waals surface area (Å²) in [4.78, 5) is 12.4. The van der Waals surface area contributed by atoms with Gasteiger partial charge in [-0.15, -0.1) is 11.6 Å². The van der Waals surface area contributed by atoms with E-state index in [1.165, 1.54) is 7.11 Å². The number of halogens is 1. The van der Waals surface area contributed by atoms with Crippen molar-refractivity contribution in [2.75, 3.05) is 20.1 Å². The van der Waals surface area contributed by atoms with Crippen molar-refractivity contribution in [1.29, 1.82) is 0 Å². The summed E-state index contributed by atoms with van der Waals surface area (Å²) in [5.41, 5.74) is 0.465. The highest BCUT2D eigenvalue weighted by atomic mass is 35.5. The first-order valence-electron chi connectivity index (χ1n) is 6.63. The van der Waals surface area contributed by atoms with E-state index in [2.05, 4.69) is 19.2 Å². The number of ether oxygens (including phenoxy) is 2. The number of methoxy groups -OCH3 is 2. The van der Waals surface area contributed by atoms with Crippen molar-refractivity contribution in [1.82, 2.24) is 5.32 Å². The lowest BCUT2D eigenvalue weighted by atomic mass is 10.0. The highest BCUT2D eigenvalue weighted by Crippen LogP contribution is 2.30. The summed E-state index contributed by atoms with van der Waals surface area (Å²) < 4.78 is 10.5. The van der Waals surface area contributed by atoms with E-state index in [1.54, 1.807) is 25.3 Å². The molecule has 1 amide bonds. The van der Waals surface area contributed by atoms with Crippen LogP contribution in [-0.2, 0) is 0 Å². The monoisotopic (exact) mass is 299 g/mol. The SMILES string of the molecule is COc1cccc(C(=O)NC(CCCl)C(C)C)c1OC. The van der Waals surface area contributed by atoms with Gasteiger partial charge < -0.3 is 14.8 Å². The summed E-state index contributed by atoms with van der Waals surface area (Å²) in [5.74, 6) is 1.64. The molecule has 1 rings (SSSR count). The molecule has 1 N–H and O–H groups in total. The molecule has 1 aromatic rings. The molecule has 4 nitrogen and oxygen atoms in total. The first-order chi connectivity index (χ1) is 9.54. The highest BCUT2D eigenvalue weighted by molar-refractivity contribution is 6.17. The molecule has 20 heavy (non-hydrogen) atoms. The Kier molecular flexibility index (Phi) is 6.65. The molecule has 0 aliphatic carbocycles. The summed E-state index contributed by atoms with van der Waals surface area (Å²) in [6.45, 7) is 4.11. The van der Waals surface area contributed by atoms with Crippen molar-refractivity contribution < 1.29 is 14.3 Å². The van der Waals surface area contributed by atoms with Gasteiger partial charge in [-0.3, -0.25) is 4.79 Å². The highest BCUT2D eigenvalue weighted by Gasteiger charge is 2.20. The van der Waals surface area contributed by atoms with Gasteiger partial charge in [0.25, 0.3) is 5.91 Å². The number of hydrogen-bond donors (Lipinski definition) is 1. The van der Waals surface area contributed by atoms with Crippen molar-refractivity contribution in [2.24, 2.45) is 5.92 Å². The molecule has 112 valence electrons. The Balaban J connectivity index is 2.97. The molecule has 5 heteroatoms. The van der Waals surface area contributed by atoms with Gasteiger partial charge in [0.1, 0.15) is 0 Å². The molecule has 0 saturated carbocycles. The Hall–Kier alpha value is -1.42. The number of hydrogen-bond acceptors (Lipinski definition) is 3. The van der Waals surface area contributed by atoms with Crippen molar-refractivity contribution in [3.05, 3.63) is 23.8 Å². The maximum absolute atomic E-state index is 12.4. The number of benzene rings is 1. The lowest BCUT2D eigenvalue weighted by molar-refractivity contribution is 0.0921. The van der Waals surface area contributed by atoms with Crippen LogP contribution in [0.2, 0.25) is 0 Å². The fraction of sp³-hybridized carbons (Fsp3) is 0.533. The van der Waals surface area contributed by atoms with Gasteiger partial charge in [-0.2, -0.15) is 0 Å². The van der Waals surface area contributed by atoms with E-state index in [0.29, 0.717) is 28.9 Å². The van der Waals surface area contributed by atoms with Gasteiger partial charge in [-0.25, -0.2) is 0 Å². The summed E-state index contributed by atoms with van der Waals surface area (Å²) in [6, 6.07) is 5.28. The van der Waals surface area contributed by atoms with Gasteiger partial charge in [0.05, 0.1) is 19.8 Å². The number of rotatable bonds is 7. The Morgan fingerprint density at radius 2 is 2.00 bits per heavy atom. The van der Waals surface area contributed by atoms with Gasteiger partial charge in [0, 0.05) is 11.9 Å². The molecule has 0 heterocycles. The standard InChI is InChI=1S/C15H22ClNO3/c1-10(2)12(8-9-16)17-15(18)11-6-5-7-13(19-3)14(11)20-4/h5-7,10,12H,8-9H2,1-4H3,(H,17,18). The average molecular weight is 300 g/mol. The Bertz CT molecular complexity index is 449. The van der Waals surface area contributed by atoms with Crippen LogP contribution in [0.4, 0.5) is 0 Å². The van der Waals surface area contributed by atoms with Crippen LogP contribution < -0.4 is 14.8 Å². The second kappa shape index (κ2) is 8.00. The fourth-order valence-corrected chi connectivity index (χ4v) is 2.24. The Morgan fingerprint density at radius 1 is 1.30 bits per heavy atom. The largest absolute Gasteiger partial charge is 0.493 e. The van der Waals surface area contributed by atoms with Crippen LogP contribution in [-0.4, -0.2) is 32.0 Å². The predicted molar refractivity (Wildman–Crippen MR) is 81.0 cm³/mol. The summed E-state index contributed by atoms with van der Waals surface area (Å²) in [6.07, 6.45) is 0.733. The van der Waals surface area contributed by atoms with Gasteiger partial charge >= 0.3 is 0 Å². The molecule has 0 saturated heterocycles. The smallest absolute Gasteiger partial charge is 0.255 e. The number of carbonyl (C=O) groups is 1. The maximum Gasteiger partial charge on any atom is 0.255 e. The summed E-state index contributed by atoms with van der Waals surface area (Å²) in [7, 11) is 3.07. The molecule has 1 atom stereocenters. The first kappa shape index (κ1) is 16.6. The normalized spacial score (nSPS) is 12.1. The molecule has 0 spiro atoms. The van der Waals surface area contributed by atoms with E-state index < -0.39 is 0 Å². The van der Waals surface area contributed by atoms with E-state index in [0.717, 1.165) is 6.42 Å². The Labute approximate surface area is 125 Å². The maximum atomic E-state index is 12.4. The third kappa shape index (κ3) is 4.04. The molecule has 1 unspecified atom stereocenters. The molecule has 0 aliphatic heterocycles. The minimum Gasteiger partial charge on any atom is -0.493 e. The minimum atomic E-state index is -0.176. The zero-order valence-corrected chi connectivity index (χ0v) is 13.2. The van der Waals surface area contributed by atoms with Crippen LogP contribution in [0.25, 0.3) is 0 Å². The number of carbonyl (C=O) groups excluding carboxylic acids is 1. The summed E-state index contributed by atoms with van der Waals surface area (Å²) >= 11 is 5.78. The van der Waals surface area contributed by atoms with Crippen LogP contribution in [0.1, 0.15) is 30.6 Å². The van der Waals surface area contributed by atoms with E-state index in [-0.39, 0.29) is 11.9 Å². The van der Waals surface area contributed by atoms with Crippen molar-refractivity contribution in [3.8, 4) is 11.5 Å². The molecule has 0 fully saturated rings. The molecule has 0 bridgehead atoms. The van der Waals surface area contributed by atoms with Crippen LogP contribution in [0, 0.1) is 5.92 Å². The zero-order chi connectivity index (χ0) is 15.1. The van der Waals surface area contributed by atoms with Gasteiger partial charge in [-0.05, 0) is 24.5 Å². The topological polar surface area (TPSA) is 47.6 Å². The number of nitrogens with one attached hydrogen (secondary N) is 1. The van der Waals surface area contributed by atoms with Gasteiger partial charge in [-0.1, -0.05) is 19.9 Å². The van der Waals surface area contributed by atoms with Crippen LogP contribution in [0.15, 0.2) is 18.2 Å². The first-order valence-corrected chi connectivity index (χ1v) is 7.16. The van der Waals surface area contributed by atoms with Crippen molar-refractivity contribution in [3.63, 3.8) is 0 Å².